The summed E-state index contributed by atoms with van der Waals surface area (Å²) in [5.41, 5.74) is 1.04. The molecule has 0 aromatic carbocycles. The van der Waals surface area contributed by atoms with Crippen molar-refractivity contribution in [3.05, 3.63) is 24.4 Å². The third-order valence-electron chi connectivity index (χ3n) is 2.59. The van der Waals surface area contributed by atoms with Crippen molar-refractivity contribution < 1.29 is 14.3 Å². The Kier molecular flexibility index (Phi) is 8.53. The lowest BCUT2D eigenvalue weighted by Gasteiger charge is -2.29. The molecule has 0 fully saturated rings. The standard InChI is InChI=1S/C14H24N2O3/c1-6-13(10-11(2)3)19-12(4)16(8-7-9-17)14(18)15-5/h7-9,12-13H,2,6,10H2,1,3-5H3,(H,15,18)/b8-7-. The molecule has 19 heavy (non-hydrogen) atoms. The first-order chi connectivity index (χ1) is 8.96. The molecule has 5 heteroatoms. The molecule has 2 unspecified atom stereocenters. The Bertz CT molecular complexity index is 340. The van der Waals surface area contributed by atoms with Crippen molar-refractivity contribution in [1.82, 2.24) is 10.2 Å². The zero-order valence-corrected chi connectivity index (χ0v) is 12.2. The molecule has 0 heterocycles. The van der Waals surface area contributed by atoms with E-state index in [1.54, 1.807) is 6.92 Å². The number of allylic oxidation sites excluding steroid dienone is 1. The van der Waals surface area contributed by atoms with Crippen LogP contribution in [-0.4, -0.2) is 36.6 Å². The van der Waals surface area contributed by atoms with Gasteiger partial charge in [0.25, 0.3) is 0 Å². The molecule has 2 atom stereocenters. The Labute approximate surface area is 115 Å². The molecule has 0 bridgehead atoms. The van der Waals surface area contributed by atoms with E-state index < -0.39 is 6.23 Å². The number of carbonyl (C=O) groups excluding carboxylic acids is 2. The van der Waals surface area contributed by atoms with Crippen molar-refractivity contribution in [2.24, 2.45) is 0 Å². The van der Waals surface area contributed by atoms with Crippen LogP contribution in [0.2, 0.25) is 0 Å². The Morgan fingerprint density at radius 1 is 1.53 bits per heavy atom. The number of hydrogen-bond acceptors (Lipinski definition) is 3. The lowest BCUT2D eigenvalue weighted by atomic mass is 10.1. The summed E-state index contributed by atoms with van der Waals surface area (Å²) in [6, 6.07) is -0.323. The van der Waals surface area contributed by atoms with Crippen molar-refractivity contribution in [3.8, 4) is 0 Å². The largest absolute Gasteiger partial charge is 0.355 e. The maximum absolute atomic E-state index is 11.7. The van der Waals surface area contributed by atoms with Crippen molar-refractivity contribution in [2.45, 2.75) is 45.9 Å². The monoisotopic (exact) mass is 268 g/mol. The van der Waals surface area contributed by atoms with Crippen LogP contribution in [0.3, 0.4) is 0 Å². The zero-order valence-electron chi connectivity index (χ0n) is 12.2. The van der Waals surface area contributed by atoms with Crippen LogP contribution in [0.4, 0.5) is 4.79 Å². The molecule has 2 amide bonds. The van der Waals surface area contributed by atoms with Crippen molar-refractivity contribution in [3.63, 3.8) is 0 Å². The Balaban J connectivity index is 4.73. The molecule has 0 aliphatic rings. The predicted molar refractivity (Wildman–Crippen MR) is 75.6 cm³/mol. The molecule has 0 saturated carbocycles. The molecule has 0 spiro atoms. The summed E-state index contributed by atoms with van der Waals surface area (Å²) in [4.78, 5) is 23.4. The molecule has 0 aliphatic heterocycles. The molecule has 108 valence electrons. The Morgan fingerprint density at radius 3 is 2.58 bits per heavy atom. The maximum Gasteiger partial charge on any atom is 0.323 e. The molecule has 0 aromatic rings. The topological polar surface area (TPSA) is 58.6 Å². The van der Waals surface area contributed by atoms with E-state index in [4.69, 9.17) is 4.74 Å². The van der Waals surface area contributed by atoms with Gasteiger partial charge in [0.2, 0.25) is 0 Å². The third kappa shape index (κ3) is 6.76. The van der Waals surface area contributed by atoms with E-state index in [1.165, 1.54) is 24.2 Å². The summed E-state index contributed by atoms with van der Waals surface area (Å²) in [5, 5.41) is 2.51. The van der Waals surface area contributed by atoms with Crippen LogP contribution in [-0.2, 0) is 9.53 Å². The van der Waals surface area contributed by atoms with E-state index in [0.29, 0.717) is 6.29 Å². The molecule has 0 saturated heterocycles. The van der Waals surface area contributed by atoms with Crippen LogP contribution >= 0.6 is 0 Å². The number of carbonyl (C=O) groups is 2. The van der Waals surface area contributed by atoms with Gasteiger partial charge >= 0.3 is 6.03 Å². The first-order valence-corrected chi connectivity index (χ1v) is 6.38. The minimum absolute atomic E-state index is 0.00397. The van der Waals surface area contributed by atoms with Gasteiger partial charge in [-0.1, -0.05) is 12.5 Å². The summed E-state index contributed by atoms with van der Waals surface area (Å²) < 4.78 is 5.83. The molecule has 0 aromatic heterocycles. The SMILES string of the molecule is C=C(C)CC(CC)OC(C)N(/C=C\C=O)C(=O)NC. The second-order valence-electron chi connectivity index (χ2n) is 4.37. The van der Waals surface area contributed by atoms with Gasteiger partial charge in [0, 0.05) is 13.2 Å². The van der Waals surface area contributed by atoms with E-state index in [1.807, 2.05) is 13.8 Å². The first kappa shape index (κ1) is 17.4. The number of amides is 2. The van der Waals surface area contributed by atoms with Gasteiger partial charge < -0.3 is 10.1 Å². The van der Waals surface area contributed by atoms with Gasteiger partial charge in [-0.2, -0.15) is 0 Å². The summed E-state index contributed by atoms with van der Waals surface area (Å²) in [6.07, 6.45) is 4.41. The van der Waals surface area contributed by atoms with Gasteiger partial charge in [0.15, 0.2) is 0 Å². The second-order valence-corrected chi connectivity index (χ2v) is 4.37. The maximum atomic E-state index is 11.7. The molecule has 1 N–H and O–H groups in total. The number of nitrogens with one attached hydrogen (secondary N) is 1. The minimum atomic E-state index is -0.458. The average molecular weight is 268 g/mol. The van der Waals surface area contributed by atoms with Crippen molar-refractivity contribution in [1.29, 1.82) is 0 Å². The molecule has 5 nitrogen and oxygen atoms in total. The summed E-state index contributed by atoms with van der Waals surface area (Å²) >= 11 is 0. The fourth-order valence-corrected chi connectivity index (χ4v) is 1.63. The highest BCUT2D eigenvalue weighted by Crippen LogP contribution is 2.14. The summed E-state index contributed by atoms with van der Waals surface area (Å²) in [7, 11) is 1.53. The number of nitrogens with zero attached hydrogens (tertiary/aromatic N) is 1. The molecule has 0 aliphatic carbocycles. The van der Waals surface area contributed by atoms with Crippen molar-refractivity contribution >= 4 is 12.3 Å². The number of aldehydes is 1. The first-order valence-electron chi connectivity index (χ1n) is 6.38. The van der Waals surface area contributed by atoms with Crippen LogP contribution in [0.1, 0.15) is 33.6 Å². The summed E-state index contributed by atoms with van der Waals surface area (Å²) in [5.74, 6) is 0. The lowest BCUT2D eigenvalue weighted by molar-refractivity contribution is -0.104. The number of hydrogen-bond donors (Lipinski definition) is 1. The molecular weight excluding hydrogens is 244 g/mol. The Morgan fingerprint density at radius 2 is 2.16 bits per heavy atom. The number of rotatable bonds is 8. The van der Waals surface area contributed by atoms with E-state index in [9.17, 15) is 9.59 Å². The predicted octanol–water partition coefficient (Wildman–Crippen LogP) is 2.45. The van der Waals surface area contributed by atoms with Crippen LogP contribution < -0.4 is 5.32 Å². The fourth-order valence-electron chi connectivity index (χ4n) is 1.63. The molecular formula is C14H24N2O3. The second kappa shape index (κ2) is 9.33. The van der Waals surface area contributed by atoms with Gasteiger partial charge in [0.1, 0.15) is 12.5 Å². The zero-order chi connectivity index (χ0) is 14.8. The fraction of sp³-hybridized carbons (Fsp3) is 0.571. The van der Waals surface area contributed by atoms with Gasteiger partial charge in [-0.15, -0.1) is 6.58 Å². The number of ether oxygens (including phenoxy) is 1. The van der Waals surface area contributed by atoms with E-state index in [-0.39, 0.29) is 12.1 Å². The van der Waals surface area contributed by atoms with Crippen LogP contribution in [0.25, 0.3) is 0 Å². The quantitative estimate of drug-likeness (QED) is 0.318. The average Bonchev–Trinajstić information content (AvgIpc) is 2.37. The highest BCUT2D eigenvalue weighted by Gasteiger charge is 2.20. The van der Waals surface area contributed by atoms with E-state index in [0.717, 1.165) is 18.4 Å². The highest BCUT2D eigenvalue weighted by atomic mass is 16.5. The third-order valence-corrected chi connectivity index (χ3v) is 2.59. The van der Waals surface area contributed by atoms with Crippen LogP contribution in [0.5, 0.6) is 0 Å². The normalized spacial score (nSPS) is 13.9. The van der Waals surface area contributed by atoms with Crippen LogP contribution in [0, 0.1) is 0 Å². The van der Waals surface area contributed by atoms with Crippen molar-refractivity contribution in [2.75, 3.05) is 7.05 Å². The van der Waals surface area contributed by atoms with Gasteiger partial charge in [0.05, 0.1) is 6.10 Å². The Hall–Kier alpha value is -1.62. The van der Waals surface area contributed by atoms with Gasteiger partial charge in [-0.05, 0) is 32.8 Å². The van der Waals surface area contributed by atoms with Crippen LogP contribution in [0.15, 0.2) is 24.4 Å². The summed E-state index contributed by atoms with van der Waals surface area (Å²) in [6.45, 7) is 9.60. The van der Waals surface area contributed by atoms with Gasteiger partial charge in [-0.3, -0.25) is 9.69 Å². The molecule has 0 rings (SSSR count). The molecule has 0 radical (unpaired) electrons. The lowest BCUT2D eigenvalue weighted by Crippen LogP contribution is -2.42. The number of urea groups is 1. The van der Waals surface area contributed by atoms with Gasteiger partial charge in [-0.25, -0.2) is 4.79 Å². The van der Waals surface area contributed by atoms with E-state index >= 15 is 0 Å². The highest BCUT2D eigenvalue weighted by molar-refractivity contribution is 5.76. The smallest absolute Gasteiger partial charge is 0.323 e. The minimum Gasteiger partial charge on any atom is -0.355 e. The van der Waals surface area contributed by atoms with E-state index in [2.05, 4.69) is 11.9 Å².